The van der Waals surface area contributed by atoms with E-state index in [2.05, 4.69) is 34.7 Å². The zero-order valence-electron chi connectivity index (χ0n) is 14.7. The van der Waals surface area contributed by atoms with Gasteiger partial charge in [-0.25, -0.2) is 0 Å². The van der Waals surface area contributed by atoms with E-state index in [4.69, 9.17) is 9.47 Å². The van der Waals surface area contributed by atoms with E-state index in [1.807, 2.05) is 12.1 Å². The summed E-state index contributed by atoms with van der Waals surface area (Å²) in [4.78, 5) is 4.62. The Labute approximate surface area is 162 Å². The van der Waals surface area contributed by atoms with Crippen molar-refractivity contribution in [3.05, 3.63) is 29.8 Å². The monoisotopic (exact) mass is 447 g/mol. The van der Waals surface area contributed by atoms with Crippen LogP contribution in [0.2, 0.25) is 0 Å². The summed E-state index contributed by atoms with van der Waals surface area (Å²) < 4.78 is 10.9. The predicted octanol–water partition coefficient (Wildman–Crippen LogP) is 2.98. The van der Waals surface area contributed by atoms with Crippen molar-refractivity contribution >= 4 is 29.9 Å². The Morgan fingerprint density at radius 3 is 2.96 bits per heavy atom. The number of nitrogens with one attached hydrogen (secondary N) is 2. The first-order valence-corrected chi connectivity index (χ1v) is 8.58. The van der Waals surface area contributed by atoms with E-state index in [1.54, 1.807) is 7.11 Å². The number of halogens is 1. The average Bonchev–Trinajstić information content (AvgIpc) is 3.10. The summed E-state index contributed by atoms with van der Waals surface area (Å²) in [5.74, 6) is 1.80. The first-order valence-electron chi connectivity index (χ1n) is 8.58. The number of guanidine groups is 1. The van der Waals surface area contributed by atoms with E-state index in [9.17, 15) is 0 Å². The molecule has 1 saturated heterocycles. The molecule has 0 bridgehead atoms. The number of rotatable bonds is 8. The summed E-state index contributed by atoms with van der Waals surface area (Å²) in [6.07, 6.45) is 4.65. The van der Waals surface area contributed by atoms with Crippen LogP contribution in [0.15, 0.2) is 29.3 Å². The van der Waals surface area contributed by atoms with Crippen molar-refractivity contribution in [2.45, 2.75) is 38.7 Å². The Balaban J connectivity index is 0.00000288. The molecular formula is C18H30IN3O2. The van der Waals surface area contributed by atoms with Gasteiger partial charge in [0.05, 0.1) is 19.8 Å². The van der Waals surface area contributed by atoms with Crippen molar-refractivity contribution < 1.29 is 9.47 Å². The van der Waals surface area contributed by atoms with Gasteiger partial charge in [-0.1, -0.05) is 12.1 Å². The lowest BCUT2D eigenvalue weighted by atomic mass is 10.1. The lowest BCUT2D eigenvalue weighted by Crippen LogP contribution is -2.38. The highest BCUT2D eigenvalue weighted by Crippen LogP contribution is 2.14. The van der Waals surface area contributed by atoms with Crippen LogP contribution in [0, 0.1) is 0 Å². The van der Waals surface area contributed by atoms with Gasteiger partial charge in [-0.15, -0.1) is 24.0 Å². The van der Waals surface area contributed by atoms with Crippen molar-refractivity contribution in [1.82, 2.24) is 10.6 Å². The summed E-state index contributed by atoms with van der Waals surface area (Å²) in [5, 5.41) is 6.68. The molecule has 1 aromatic rings. The van der Waals surface area contributed by atoms with E-state index in [0.717, 1.165) is 63.6 Å². The lowest BCUT2D eigenvalue weighted by molar-refractivity contribution is 0.117. The fraction of sp³-hybridized carbons (Fsp3) is 0.611. The van der Waals surface area contributed by atoms with Crippen LogP contribution in [0.25, 0.3) is 0 Å². The minimum absolute atomic E-state index is 0. The first kappa shape index (κ1) is 21.0. The van der Waals surface area contributed by atoms with E-state index >= 15 is 0 Å². The van der Waals surface area contributed by atoms with Gasteiger partial charge in [0.1, 0.15) is 5.75 Å². The third kappa shape index (κ3) is 7.70. The molecule has 1 heterocycles. The van der Waals surface area contributed by atoms with Gasteiger partial charge in [0.25, 0.3) is 0 Å². The molecule has 0 aliphatic carbocycles. The van der Waals surface area contributed by atoms with Crippen LogP contribution < -0.4 is 15.4 Å². The Morgan fingerprint density at radius 2 is 2.25 bits per heavy atom. The minimum Gasteiger partial charge on any atom is -0.497 e. The second kappa shape index (κ2) is 12.4. The molecule has 136 valence electrons. The van der Waals surface area contributed by atoms with Crippen LogP contribution in [0.3, 0.4) is 0 Å². The number of benzene rings is 1. The molecule has 6 heteroatoms. The smallest absolute Gasteiger partial charge is 0.191 e. The van der Waals surface area contributed by atoms with E-state index in [-0.39, 0.29) is 24.0 Å². The summed E-state index contributed by atoms with van der Waals surface area (Å²) in [7, 11) is 1.70. The Morgan fingerprint density at radius 1 is 1.38 bits per heavy atom. The maximum atomic E-state index is 5.61. The van der Waals surface area contributed by atoms with E-state index in [1.165, 1.54) is 5.56 Å². The number of methoxy groups -OCH3 is 1. The number of aliphatic imine (C=N–C) groups is 1. The first-order chi connectivity index (χ1) is 11.3. The van der Waals surface area contributed by atoms with Crippen LogP contribution in [-0.2, 0) is 11.2 Å². The van der Waals surface area contributed by atoms with Crippen LogP contribution in [0.5, 0.6) is 5.75 Å². The summed E-state index contributed by atoms with van der Waals surface area (Å²) in [5.41, 5.74) is 1.30. The second-order valence-electron chi connectivity index (χ2n) is 5.74. The van der Waals surface area contributed by atoms with E-state index in [0.29, 0.717) is 6.10 Å². The normalized spacial score (nSPS) is 17.2. The number of nitrogens with zero attached hydrogens (tertiary/aromatic N) is 1. The van der Waals surface area contributed by atoms with Crippen molar-refractivity contribution in [2.24, 2.45) is 4.99 Å². The third-order valence-corrected chi connectivity index (χ3v) is 3.89. The largest absolute Gasteiger partial charge is 0.497 e. The topological polar surface area (TPSA) is 54.9 Å². The van der Waals surface area contributed by atoms with Crippen molar-refractivity contribution in [1.29, 1.82) is 0 Å². The highest BCUT2D eigenvalue weighted by Gasteiger charge is 2.14. The van der Waals surface area contributed by atoms with Gasteiger partial charge in [-0.3, -0.25) is 4.99 Å². The van der Waals surface area contributed by atoms with Gasteiger partial charge in [0.2, 0.25) is 0 Å². The predicted molar refractivity (Wildman–Crippen MR) is 110 cm³/mol. The second-order valence-corrected chi connectivity index (χ2v) is 5.74. The molecule has 1 fully saturated rings. The molecule has 2 rings (SSSR count). The van der Waals surface area contributed by atoms with Gasteiger partial charge in [-0.05, 0) is 50.3 Å². The van der Waals surface area contributed by atoms with Gasteiger partial charge >= 0.3 is 0 Å². The molecular weight excluding hydrogens is 417 g/mol. The number of hydrogen-bond acceptors (Lipinski definition) is 3. The van der Waals surface area contributed by atoms with Crippen molar-refractivity contribution in [2.75, 3.05) is 33.4 Å². The molecule has 0 saturated carbocycles. The molecule has 0 amide bonds. The maximum absolute atomic E-state index is 5.61. The molecule has 1 aliphatic heterocycles. The van der Waals surface area contributed by atoms with Crippen LogP contribution >= 0.6 is 24.0 Å². The average molecular weight is 447 g/mol. The molecule has 24 heavy (non-hydrogen) atoms. The fourth-order valence-corrected chi connectivity index (χ4v) is 2.65. The van der Waals surface area contributed by atoms with Gasteiger partial charge in [0.15, 0.2) is 5.96 Å². The number of hydrogen-bond donors (Lipinski definition) is 2. The maximum Gasteiger partial charge on any atom is 0.191 e. The number of aryl methyl sites for hydroxylation is 1. The van der Waals surface area contributed by atoms with Gasteiger partial charge in [-0.2, -0.15) is 0 Å². The summed E-state index contributed by atoms with van der Waals surface area (Å²) in [6, 6.07) is 8.24. The Hall–Kier alpha value is -1.02. The number of ether oxygens (including phenoxy) is 2. The fourth-order valence-electron chi connectivity index (χ4n) is 2.65. The highest BCUT2D eigenvalue weighted by atomic mass is 127. The van der Waals surface area contributed by atoms with Crippen molar-refractivity contribution in [3.63, 3.8) is 0 Å². The van der Waals surface area contributed by atoms with Crippen LogP contribution in [-0.4, -0.2) is 45.4 Å². The minimum atomic E-state index is 0. The molecule has 1 aromatic carbocycles. The molecule has 0 radical (unpaired) electrons. The Bertz CT molecular complexity index is 491. The van der Waals surface area contributed by atoms with Crippen LogP contribution in [0.4, 0.5) is 0 Å². The molecule has 0 aromatic heterocycles. The molecule has 5 nitrogen and oxygen atoms in total. The SMILES string of the molecule is CCNC(=NCC1CCCO1)NCCCc1cccc(OC)c1.I. The summed E-state index contributed by atoms with van der Waals surface area (Å²) in [6.45, 7) is 5.47. The highest BCUT2D eigenvalue weighted by molar-refractivity contribution is 14.0. The van der Waals surface area contributed by atoms with Crippen LogP contribution in [0.1, 0.15) is 31.7 Å². The Kier molecular flexibility index (Phi) is 10.8. The quantitative estimate of drug-likeness (QED) is 0.279. The van der Waals surface area contributed by atoms with Gasteiger partial charge in [0, 0.05) is 19.7 Å². The molecule has 2 N–H and O–H groups in total. The van der Waals surface area contributed by atoms with E-state index < -0.39 is 0 Å². The molecule has 1 aliphatic rings. The molecule has 1 atom stereocenters. The third-order valence-electron chi connectivity index (χ3n) is 3.89. The van der Waals surface area contributed by atoms with Gasteiger partial charge < -0.3 is 20.1 Å². The summed E-state index contributed by atoms with van der Waals surface area (Å²) >= 11 is 0. The zero-order valence-corrected chi connectivity index (χ0v) is 17.0. The zero-order chi connectivity index (χ0) is 16.3. The lowest BCUT2D eigenvalue weighted by Gasteiger charge is -2.13. The van der Waals surface area contributed by atoms with Crippen molar-refractivity contribution in [3.8, 4) is 5.75 Å². The molecule has 1 unspecified atom stereocenters. The molecule has 0 spiro atoms. The standard InChI is InChI=1S/C18H29N3O2.HI/c1-3-19-18(21-14-17-10-6-12-23-17)20-11-5-8-15-7-4-9-16(13-15)22-2;/h4,7,9,13,17H,3,5-6,8,10-12,14H2,1-2H3,(H2,19,20,21);1H.